The summed E-state index contributed by atoms with van der Waals surface area (Å²) in [5, 5.41) is 0.707. The highest BCUT2D eigenvalue weighted by atomic mass is 32.2. The van der Waals surface area contributed by atoms with E-state index in [1.165, 1.54) is 30.2 Å². The number of hydrogen-bond donors (Lipinski definition) is 0. The quantitative estimate of drug-likeness (QED) is 0.362. The third kappa shape index (κ3) is 3.66. The molecule has 0 fully saturated rings. The van der Waals surface area contributed by atoms with E-state index in [9.17, 15) is 9.59 Å². The van der Waals surface area contributed by atoms with Crippen molar-refractivity contribution in [3.8, 4) is 5.69 Å². The number of thiophene rings is 1. The van der Waals surface area contributed by atoms with Crippen molar-refractivity contribution in [2.24, 2.45) is 0 Å². The van der Waals surface area contributed by atoms with Gasteiger partial charge in [0.2, 0.25) is 0 Å². The van der Waals surface area contributed by atoms with Crippen LogP contribution < -0.4 is 5.56 Å². The Balaban J connectivity index is 2.31. The molecule has 27 heavy (non-hydrogen) atoms. The molecule has 2 heterocycles. The molecular formula is C20H22N2O3S2. The maximum Gasteiger partial charge on any atom is 0.318 e. The number of aromatic nitrogens is 2. The van der Waals surface area contributed by atoms with Crippen molar-refractivity contribution in [2.75, 3.05) is 7.11 Å². The number of esters is 1. The van der Waals surface area contributed by atoms with Crippen LogP contribution in [-0.4, -0.2) is 27.9 Å². The number of methoxy groups -OCH3 is 1. The number of nitrogens with zero attached hydrogens (tertiary/aromatic N) is 2. The predicted molar refractivity (Wildman–Crippen MR) is 111 cm³/mol. The van der Waals surface area contributed by atoms with Crippen molar-refractivity contribution in [1.82, 2.24) is 9.55 Å². The Morgan fingerprint density at radius 2 is 2.11 bits per heavy atom. The number of carbonyl (C=O) groups is 1. The Labute approximate surface area is 166 Å². The molecule has 3 aromatic rings. The lowest BCUT2D eigenvalue weighted by Crippen LogP contribution is -2.24. The van der Waals surface area contributed by atoms with Crippen LogP contribution in [0.15, 0.2) is 34.2 Å². The zero-order chi connectivity index (χ0) is 19.7. The molecular weight excluding hydrogens is 380 g/mol. The van der Waals surface area contributed by atoms with Crippen molar-refractivity contribution >= 4 is 39.3 Å². The normalized spacial score (nSPS) is 12.3. The summed E-state index contributed by atoms with van der Waals surface area (Å²) >= 11 is 2.77. The fourth-order valence-electron chi connectivity index (χ4n) is 3.07. The maximum atomic E-state index is 13.5. The van der Waals surface area contributed by atoms with Gasteiger partial charge in [0.25, 0.3) is 5.56 Å². The number of benzene rings is 1. The maximum absolute atomic E-state index is 13.5. The van der Waals surface area contributed by atoms with Crippen LogP contribution in [0.1, 0.15) is 29.9 Å². The zero-order valence-corrected chi connectivity index (χ0v) is 17.7. The van der Waals surface area contributed by atoms with Crippen LogP contribution in [0.5, 0.6) is 0 Å². The van der Waals surface area contributed by atoms with Crippen LogP contribution in [-0.2, 0) is 16.0 Å². The van der Waals surface area contributed by atoms with E-state index in [1.807, 2.05) is 45.0 Å². The van der Waals surface area contributed by atoms with Gasteiger partial charge < -0.3 is 4.74 Å². The van der Waals surface area contributed by atoms with E-state index in [0.717, 1.165) is 32.9 Å². The summed E-state index contributed by atoms with van der Waals surface area (Å²) in [7, 11) is 1.36. The van der Waals surface area contributed by atoms with E-state index < -0.39 is 5.25 Å². The molecule has 0 aliphatic rings. The molecule has 0 radical (unpaired) electrons. The Kier molecular flexibility index (Phi) is 5.72. The molecule has 0 N–H and O–H groups in total. The predicted octanol–water partition coefficient (Wildman–Crippen LogP) is 4.28. The second kappa shape index (κ2) is 7.86. The largest absolute Gasteiger partial charge is 0.468 e. The smallest absolute Gasteiger partial charge is 0.318 e. The molecule has 0 bridgehead atoms. The first-order valence-electron chi connectivity index (χ1n) is 8.73. The van der Waals surface area contributed by atoms with Gasteiger partial charge in [-0.1, -0.05) is 30.8 Å². The van der Waals surface area contributed by atoms with E-state index in [0.29, 0.717) is 10.5 Å². The molecule has 7 heteroatoms. The van der Waals surface area contributed by atoms with Crippen LogP contribution in [0.2, 0.25) is 0 Å². The fourth-order valence-corrected chi connectivity index (χ4v) is 5.18. The van der Waals surface area contributed by atoms with Gasteiger partial charge in [-0.2, -0.15) is 0 Å². The topological polar surface area (TPSA) is 61.2 Å². The third-order valence-corrected chi connectivity index (χ3v) is 6.50. The SMILES string of the molecule is CCc1c(C)sc2nc(S[C@H](C)C(=O)OC)n(-c3cccc(C)c3)c(=O)c12. The first-order valence-corrected chi connectivity index (χ1v) is 10.4. The monoisotopic (exact) mass is 402 g/mol. The summed E-state index contributed by atoms with van der Waals surface area (Å²) < 4.78 is 6.45. The molecule has 0 amide bonds. The highest BCUT2D eigenvalue weighted by Crippen LogP contribution is 2.32. The third-order valence-electron chi connectivity index (χ3n) is 4.42. The number of rotatable bonds is 5. The number of fused-ring (bicyclic) bond motifs is 1. The molecule has 0 saturated heterocycles. The molecule has 5 nitrogen and oxygen atoms in total. The zero-order valence-electron chi connectivity index (χ0n) is 16.0. The van der Waals surface area contributed by atoms with Crippen LogP contribution in [0.25, 0.3) is 15.9 Å². The Morgan fingerprint density at radius 1 is 1.37 bits per heavy atom. The summed E-state index contributed by atoms with van der Waals surface area (Å²) in [4.78, 5) is 32.0. The van der Waals surface area contributed by atoms with Gasteiger partial charge in [-0.25, -0.2) is 4.98 Å². The van der Waals surface area contributed by atoms with Crippen molar-refractivity contribution < 1.29 is 9.53 Å². The minimum Gasteiger partial charge on any atom is -0.468 e. The fraction of sp³-hybridized carbons (Fsp3) is 0.350. The summed E-state index contributed by atoms with van der Waals surface area (Å²) in [5.74, 6) is -0.346. The van der Waals surface area contributed by atoms with Gasteiger partial charge in [0, 0.05) is 4.88 Å². The Morgan fingerprint density at radius 3 is 2.74 bits per heavy atom. The number of aryl methyl sites for hydroxylation is 3. The standard InChI is InChI=1S/C20H22N2O3S2/c1-6-15-12(3)26-17-16(15)18(23)22(14-9-7-8-11(2)10-14)20(21-17)27-13(4)19(24)25-5/h7-10,13H,6H2,1-5H3/t13-/m1/s1. The molecule has 1 aromatic carbocycles. The van der Waals surface area contributed by atoms with Gasteiger partial charge in [-0.15, -0.1) is 11.3 Å². The van der Waals surface area contributed by atoms with Gasteiger partial charge in [-0.3, -0.25) is 14.2 Å². The highest BCUT2D eigenvalue weighted by molar-refractivity contribution is 8.00. The van der Waals surface area contributed by atoms with E-state index in [1.54, 1.807) is 11.5 Å². The second-order valence-electron chi connectivity index (χ2n) is 6.33. The van der Waals surface area contributed by atoms with Gasteiger partial charge in [0.05, 0.1) is 18.2 Å². The highest BCUT2D eigenvalue weighted by Gasteiger charge is 2.23. The van der Waals surface area contributed by atoms with Gasteiger partial charge in [0.15, 0.2) is 5.16 Å². The number of hydrogen-bond acceptors (Lipinski definition) is 6. The molecule has 2 aromatic heterocycles. The minimum absolute atomic E-state index is 0.0913. The van der Waals surface area contributed by atoms with E-state index in [4.69, 9.17) is 9.72 Å². The molecule has 0 saturated carbocycles. The van der Waals surface area contributed by atoms with Gasteiger partial charge >= 0.3 is 5.97 Å². The van der Waals surface area contributed by atoms with Crippen LogP contribution in [0.4, 0.5) is 0 Å². The lowest BCUT2D eigenvalue weighted by atomic mass is 10.1. The van der Waals surface area contributed by atoms with E-state index in [2.05, 4.69) is 0 Å². The summed E-state index contributed by atoms with van der Waals surface area (Å²) in [5.41, 5.74) is 2.76. The first kappa shape index (κ1) is 19.6. The lowest BCUT2D eigenvalue weighted by Gasteiger charge is -2.15. The summed E-state index contributed by atoms with van der Waals surface area (Å²) in [6.45, 7) is 7.81. The minimum atomic E-state index is -0.470. The molecule has 3 rings (SSSR count). The van der Waals surface area contributed by atoms with E-state index in [-0.39, 0.29) is 11.5 Å². The number of carbonyl (C=O) groups excluding carboxylic acids is 1. The lowest BCUT2D eigenvalue weighted by molar-refractivity contribution is -0.139. The average molecular weight is 403 g/mol. The molecule has 0 aliphatic carbocycles. The molecule has 142 valence electrons. The average Bonchev–Trinajstić information content (AvgIpc) is 2.96. The Bertz CT molecular complexity index is 1070. The number of thioether (sulfide) groups is 1. The van der Waals surface area contributed by atoms with Crippen LogP contribution in [0, 0.1) is 13.8 Å². The first-order chi connectivity index (χ1) is 12.9. The van der Waals surface area contributed by atoms with Crippen molar-refractivity contribution in [2.45, 2.75) is 44.5 Å². The van der Waals surface area contributed by atoms with Gasteiger partial charge in [-0.05, 0) is 50.5 Å². The molecule has 0 spiro atoms. The summed E-state index contributed by atoms with van der Waals surface area (Å²) in [6.07, 6.45) is 0.779. The Hall–Kier alpha value is -2.12. The number of ether oxygens (including phenoxy) is 1. The second-order valence-corrected chi connectivity index (χ2v) is 8.84. The van der Waals surface area contributed by atoms with Crippen molar-refractivity contribution in [1.29, 1.82) is 0 Å². The summed E-state index contributed by atoms with van der Waals surface area (Å²) in [6, 6.07) is 7.74. The van der Waals surface area contributed by atoms with Gasteiger partial charge in [0.1, 0.15) is 10.1 Å². The molecule has 0 aliphatic heterocycles. The van der Waals surface area contributed by atoms with Crippen LogP contribution in [0.3, 0.4) is 0 Å². The van der Waals surface area contributed by atoms with Crippen LogP contribution >= 0.6 is 23.1 Å². The molecule has 1 atom stereocenters. The molecule has 0 unspecified atom stereocenters. The van der Waals surface area contributed by atoms with Crippen molar-refractivity contribution in [3.05, 3.63) is 50.6 Å². The van der Waals surface area contributed by atoms with Crippen molar-refractivity contribution in [3.63, 3.8) is 0 Å². The van der Waals surface area contributed by atoms with E-state index >= 15 is 0 Å².